The third-order valence-electron chi connectivity index (χ3n) is 6.38. The number of ether oxygens (including phenoxy) is 5. The minimum Gasteiger partial charge on any atom is -0.449 e. The molecule has 0 aromatic heterocycles. The number of amides is 3. The first-order valence-corrected chi connectivity index (χ1v) is 12.9. The van der Waals surface area contributed by atoms with E-state index in [2.05, 4.69) is 22.8 Å². The van der Waals surface area contributed by atoms with Gasteiger partial charge in [-0.3, -0.25) is 4.79 Å². The molecule has 2 aliphatic carbocycles. The molecule has 4 N–H and O–H groups in total. The molecular weight excluding hydrogens is 470 g/mol. The Morgan fingerprint density at radius 1 is 0.833 bits per heavy atom. The smallest absolute Gasteiger partial charge is 0.407 e. The molecule has 1 saturated carbocycles. The van der Waals surface area contributed by atoms with E-state index >= 15 is 0 Å². The van der Waals surface area contributed by atoms with Gasteiger partial charge in [-0.05, 0) is 49.4 Å². The lowest BCUT2D eigenvalue weighted by atomic mass is 10.0. The molecule has 11 nitrogen and oxygen atoms in total. The summed E-state index contributed by atoms with van der Waals surface area (Å²) >= 11 is 0. The second-order valence-electron chi connectivity index (χ2n) is 9.38. The first kappa shape index (κ1) is 29.9. The zero-order valence-electron chi connectivity index (χ0n) is 21.6. The lowest BCUT2D eigenvalue weighted by Crippen LogP contribution is -2.48. The third-order valence-corrected chi connectivity index (χ3v) is 6.38. The number of rotatable bonds is 17. The van der Waals surface area contributed by atoms with Crippen LogP contribution in [-0.4, -0.2) is 83.5 Å². The van der Waals surface area contributed by atoms with Crippen molar-refractivity contribution in [2.75, 3.05) is 59.4 Å². The zero-order chi connectivity index (χ0) is 26.2. The number of nitrogens with one attached hydrogen (secondary N) is 2. The van der Waals surface area contributed by atoms with E-state index in [4.69, 9.17) is 29.4 Å². The second-order valence-corrected chi connectivity index (χ2v) is 9.38. The van der Waals surface area contributed by atoms with Crippen molar-refractivity contribution >= 4 is 18.1 Å². The molecule has 2 aliphatic rings. The summed E-state index contributed by atoms with van der Waals surface area (Å²) in [6.07, 6.45) is 8.08. The van der Waals surface area contributed by atoms with E-state index in [1.54, 1.807) is 13.8 Å². The van der Waals surface area contributed by atoms with Crippen LogP contribution in [0.15, 0.2) is 12.2 Å². The molecular formula is C25H43N3O8. The van der Waals surface area contributed by atoms with E-state index in [1.165, 1.54) is 12.8 Å². The maximum atomic E-state index is 11.8. The van der Waals surface area contributed by atoms with Gasteiger partial charge in [0.2, 0.25) is 5.91 Å². The highest BCUT2D eigenvalue weighted by atomic mass is 16.6. The standard InChI is InChI=1S/C25H43N3O8/c1-18(2)22(23(26)29)28-25(31)35-16-15-34-14-13-33-12-11-32-10-9-27-24(30)36-17-21-19-7-5-3-4-6-8-20(19)21/h3-4,18-22H,5-17H2,1-2H3,(H2,26,29)(H,27,30)(H,28,31)/b4-3-/t19-,20+,21-,22-/m0/s1. The largest absolute Gasteiger partial charge is 0.449 e. The molecule has 206 valence electrons. The first-order valence-electron chi connectivity index (χ1n) is 12.9. The van der Waals surface area contributed by atoms with Crippen LogP contribution in [0.25, 0.3) is 0 Å². The van der Waals surface area contributed by atoms with Crippen LogP contribution in [0.1, 0.15) is 39.5 Å². The molecule has 2 rings (SSSR count). The van der Waals surface area contributed by atoms with Crippen molar-refractivity contribution in [1.82, 2.24) is 10.6 Å². The van der Waals surface area contributed by atoms with Crippen LogP contribution in [0.3, 0.4) is 0 Å². The molecule has 3 amide bonds. The van der Waals surface area contributed by atoms with Crippen molar-refractivity contribution in [2.45, 2.75) is 45.6 Å². The van der Waals surface area contributed by atoms with Crippen molar-refractivity contribution in [1.29, 1.82) is 0 Å². The highest BCUT2D eigenvalue weighted by Gasteiger charge is 2.49. The average Bonchev–Trinajstić information content (AvgIpc) is 3.47. The van der Waals surface area contributed by atoms with Crippen molar-refractivity contribution in [2.24, 2.45) is 29.4 Å². The van der Waals surface area contributed by atoms with Gasteiger partial charge in [0, 0.05) is 6.54 Å². The van der Waals surface area contributed by atoms with Gasteiger partial charge in [-0.15, -0.1) is 0 Å². The van der Waals surface area contributed by atoms with Crippen LogP contribution >= 0.6 is 0 Å². The molecule has 0 aromatic carbocycles. The van der Waals surface area contributed by atoms with Crippen molar-refractivity contribution in [3.8, 4) is 0 Å². The maximum Gasteiger partial charge on any atom is 0.407 e. The molecule has 0 radical (unpaired) electrons. The van der Waals surface area contributed by atoms with Crippen LogP contribution in [0.5, 0.6) is 0 Å². The molecule has 0 unspecified atom stereocenters. The number of carbonyl (C=O) groups excluding carboxylic acids is 3. The van der Waals surface area contributed by atoms with E-state index < -0.39 is 24.1 Å². The molecule has 0 aliphatic heterocycles. The fourth-order valence-corrected chi connectivity index (χ4v) is 4.36. The highest BCUT2D eigenvalue weighted by Crippen LogP contribution is 2.52. The van der Waals surface area contributed by atoms with Gasteiger partial charge in [0.05, 0.1) is 46.2 Å². The Labute approximate surface area is 213 Å². The van der Waals surface area contributed by atoms with Crippen molar-refractivity contribution in [3.05, 3.63) is 12.2 Å². The minimum atomic E-state index is -0.775. The first-order chi connectivity index (χ1) is 17.4. The van der Waals surface area contributed by atoms with E-state index in [9.17, 15) is 14.4 Å². The lowest BCUT2D eigenvalue weighted by Gasteiger charge is -2.18. The van der Waals surface area contributed by atoms with Gasteiger partial charge in [0.1, 0.15) is 12.6 Å². The Morgan fingerprint density at radius 3 is 1.94 bits per heavy atom. The average molecular weight is 514 g/mol. The summed E-state index contributed by atoms with van der Waals surface area (Å²) in [5.74, 6) is 1.20. The van der Waals surface area contributed by atoms with Crippen LogP contribution < -0.4 is 16.4 Å². The van der Waals surface area contributed by atoms with Crippen LogP contribution in [0.4, 0.5) is 9.59 Å². The number of hydrogen-bond acceptors (Lipinski definition) is 8. The summed E-state index contributed by atoms with van der Waals surface area (Å²) < 4.78 is 26.5. The van der Waals surface area contributed by atoms with E-state index in [1.807, 2.05) is 0 Å². The van der Waals surface area contributed by atoms with E-state index in [0.29, 0.717) is 63.9 Å². The summed E-state index contributed by atoms with van der Waals surface area (Å²) in [6, 6.07) is -0.775. The zero-order valence-corrected chi connectivity index (χ0v) is 21.6. The van der Waals surface area contributed by atoms with Gasteiger partial charge in [-0.1, -0.05) is 26.0 Å². The molecule has 0 heterocycles. The third kappa shape index (κ3) is 12.0. The fourth-order valence-electron chi connectivity index (χ4n) is 4.36. The topological polar surface area (TPSA) is 147 Å². The van der Waals surface area contributed by atoms with Crippen LogP contribution in [0.2, 0.25) is 0 Å². The Hall–Kier alpha value is -2.37. The molecule has 0 spiro atoms. The number of primary amides is 1. The molecule has 0 saturated heterocycles. The molecule has 11 heteroatoms. The molecule has 0 aromatic rings. The quantitative estimate of drug-likeness (QED) is 0.198. The summed E-state index contributed by atoms with van der Waals surface area (Å²) in [5.41, 5.74) is 5.23. The van der Waals surface area contributed by atoms with Crippen LogP contribution in [0, 0.1) is 23.7 Å². The Balaban J connectivity index is 1.32. The molecule has 4 atom stereocenters. The van der Waals surface area contributed by atoms with Gasteiger partial charge in [-0.2, -0.15) is 0 Å². The number of carbonyl (C=O) groups is 3. The number of fused-ring (bicyclic) bond motifs is 1. The summed E-state index contributed by atoms with van der Waals surface area (Å²) in [7, 11) is 0. The predicted octanol–water partition coefficient (Wildman–Crippen LogP) is 1.99. The molecule has 36 heavy (non-hydrogen) atoms. The SMILES string of the molecule is CC(C)[C@H](NC(=O)OCCOCCOCCOCCNC(=O)OC[C@@H]1[C@@H]2CC/C=C\CC[C@@H]21)C(N)=O. The van der Waals surface area contributed by atoms with Gasteiger partial charge in [0.15, 0.2) is 0 Å². The van der Waals surface area contributed by atoms with Gasteiger partial charge in [0.25, 0.3) is 0 Å². The molecule has 1 fully saturated rings. The Kier molecular flexibility index (Phi) is 14.2. The number of hydrogen-bond donors (Lipinski definition) is 3. The van der Waals surface area contributed by atoms with Crippen molar-refractivity contribution < 1.29 is 38.1 Å². The van der Waals surface area contributed by atoms with E-state index in [-0.39, 0.29) is 19.1 Å². The summed E-state index contributed by atoms with van der Waals surface area (Å²) in [4.78, 5) is 34.8. The monoisotopic (exact) mass is 513 g/mol. The van der Waals surface area contributed by atoms with Gasteiger partial charge >= 0.3 is 12.2 Å². The van der Waals surface area contributed by atoms with Crippen molar-refractivity contribution in [3.63, 3.8) is 0 Å². The maximum absolute atomic E-state index is 11.8. The predicted molar refractivity (Wildman–Crippen MR) is 132 cm³/mol. The summed E-state index contributed by atoms with van der Waals surface area (Å²) in [6.45, 7) is 6.58. The highest BCUT2D eigenvalue weighted by molar-refractivity contribution is 5.84. The Bertz CT molecular complexity index is 687. The second kappa shape index (κ2) is 17.1. The Morgan fingerprint density at radius 2 is 1.39 bits per heavy atom. The molecule has 0 bridgehead atoms. The fraction of sp³-hybridized carbons (Fsp3) is 0.800. The van der Waals surface area contributed by atoms with Gasteiger partial charge in [-0.25, -0.2) is 9.59 Å². The van der Waals surface area contributed by atoms with Gasteiger partial charge < -0.3 is 40.1 Å². The number of nitrogens with two attached hydrogens (primary N) is 1. The lowest BCUT2D eigenvalue weighted by molar-refractivity contribution is -0.120. The van der Waals surface area contributed by atoms with Crippen LogP contribution in [-0.2, 0) is 28.5 Å². The minimum absolute atomic E-state index is 0.0489. The number of allylic oxidation sites excluding steroid dienone is 2. The summed E-state index contributed by atoms with van der Waals surface area (Å²) in [5, 5.41) is 5.14. The normalized spacial score (nSPS) is 22.5. The van der Waals surface area contributed by atoms with E-state index in [0.717, 1.165) is 12.8 Å². The number of alkyl carbamates (subject to hydrolysis) is 2.